The minimum absolute atomic E-state index is 0.0546. The molecule has 0 bridgehead atoms. The molecule has 1 amide bonds. The first-order valence-electron chi connectivity index (χ1n) is 9.09. The van der Waals surface area contributed by atoms with Crippen LogP contribution in [0.5, 0.6) is 0 Å². The summed E-state index contributed by atoms with van der Waals surface area (Å²) in [6, 6.07) is 7.52. The molecule has 1 fully saturated rings. The predicted molar refractivity (Wildman–Crippen MR) is 106 cm³/mol. The van der Waals surface area contributed by atoms with Crippen LogP contribution in [0.1, 0.15) is 19.3 Å². The number of carbonyl (C=O) groups excluding carboxylic acids is 1. The van der Waals surface area contributed by atoms with Crippen molar-refractivity contribution in [2.75, 3.05) is 18.0 Å². The third kappa shape index (κ3) is 3.85. The number of nitrogens with zero attached hydrogens (tertiary/aromatic N) is 4. The summed E-state index contributed by atoms with van der Waals surface area (Å²) < 4.78 is 1.50. The van der Waals surface area contributed by atoms with Gasteiger partial charge in [-0.3, -0.25) is 14.2 Å². The number of benzene rings is 1. The first-order chi connectivity index (χ1) is 13.2. The topological polar surface area (TPSA) is 80.1 Å². The van der Waals surface area contributed by atoms with Crippen LogP contribution in [0.15, 0.2) is 47.0 Å². The zero-order valence-electron chi connectivity index (χ0n) is 14.9. The molecule has 4 rings (SSSR count). The van der Waals surface area contributed by atoms with E-state index < -0.39 is 0 Å². The summed E-state index contributed by atoms with van der Waals surface area (Å²) in [6.45, 7) is 1.90. The van der Waals surface area contributed by atoms with Crippen LogP contribution in [0.2, 0.25) is 0 Å². The van der Waals surface area contributed by atoms with Crippen molar-refractivity contribution >= 4 is 33.3 Å². The van der Waals surface area contributed by atoms with Gasteiger partial charge in [-0.15, -0.1) is 11.3 Å². The van der Waals surface area contributed by atoms with Crippen LogP contribution < -0.4 is 15.8 Å². The van der Waals surface area contributed by atoms with Gasteiger partial charge in [0.25, 0.3) is 5.56 Å². The van der Waals surface area contributed by atoms with Crippen molar-refractivity contribution in [3.05, 3.63) is 52.5 Å². The highest BCUT2D eigenvalue weighted by Crippen LogP contribution is 2.26. The molecular formula is C19H21N5O2S. The molecule has 1 saturated heterocycles. The summed E-state index contributed by atoms with van der Waals surface area (Å²) in [5.41, 5.74) is 0.561. The number of hydrogen-bond acceptors (Lipinski definition) is 6. The molecule has 1 aliphatic heterocycles. The van der Waals surface area contributed by atoms with Crippen LogP contribution in [-0.4, -0.2) is 39.6 Å². The number of para-hydroxylation sites is 1. The first-order valence-corrected chi connectivity index (χ1v) is 9.97. The fourth-order valence-electron chi connectivity index (χ4n) is 3.46. The maximum Gasteiger partial charge on any atom is 0.261 e. The summed E-state index contributed by atoms with van der Waals surface area (Å²) in [7, 11) is 0. The van der Waals surface area contributed by atoms with Gasteiger partial charge in [-0.1, -0.05) is 12.1 Å². The quantitative estimate of drug-likeness (QED) is 0.704. The number of hydrogen-bond donors (Lipinski definition) is 1. The van der Waals surface area contributed by atoms with Gasteiger partial charge >= 0.3 is 0 Å². The van der Waals surface area contributed by atoms with Gasteiger partial charge in [-0.25, -0.2) is 9.97 Å². The lowest BCUT2D eigenvalue weighted by Crippen LogP contribution is -2.40. The molecule has 8 heteroatoms. The molecular weight excluding hydrogens is 362 g/mol. The Labute approximate surface area is 160 Å². The minimum atomic E-state index is -0.112. The lowest BCUT2D eigenvalue weighted by Gasteiger charge is -2.24. The van der Waals surface area contributed by atoms with Gasteiger partial charge < -0.3 is 10.2 Å². The number of aryl methyl sites for hydroxylation is 1. The first kappa shape index (κ1) is 17.7. The van der Waals surface area contributed by atoms with E-state index in [2.05, 4.69) is 20.2 Å². The molecule has 0 unspecified atom stereocenters. The Kier molecular flexibility index (Phi) is 5.15. The van der Waals surface area contributed by atoms with Gasteiger partial charge in [0.1, 0.15) is 0 Å². The Morgan fingerprint density at radius 3 is 3.04 bits per heavy atom. The van der Waals surface area contributed by atoms with Crippen LogP contribution in [0.25, 0.3) is 10.9 Å². The van der Waals surface area contributed by atoms with E-state index in [-0.39, 0.29) is 23.9 Å². The highest BCUT2D eigenvalue weighted by Gasteiger charge is 2.26. The van der Waals surface area contributed by atoms with Crippen LogP contribution >= 0.6 is 11.3 Å². The van der Waals surface area contributed by atoms with Crippen LogP contribution in [0.4, 0.5) is 5.13 Å². The molecule has 27 heavy (non-hydrogen) atoms. The summed E-state index contributed by atoms with van der Waals surface area (Å²) in [5.74, 6) is -0.0546. The molecule has 140 valence electrons. The third-order valence-corrected chi connectivity index (χ3v) is 5.70. The van der Waals surface area contributed by atoms with Crippen molar-refractivity contribution in [2.45, 2.75) is 31.8 Å². The van der Waals surface area contributed by atoms with E-state index in [0.717, 1.165) is 24.5 Å². The molecule has 1 aromatic carbocycles. The highest BCUT2D eigenvalue weighted by molar-refractivity contribution is 7.13. The summed E-state index contributed by atoms with van der Waals surface area (Å²) in [6.07, 6.45) is 5.73. The Hall–Kier alpha value is -2.74. The fraction of sp³-hybridized carbons (Fsp3) is 0.368. The zero-order valence-corrected chi connectivity index (χ0v) is 15.7. The monoisotopic (exact) mass is 383 g/mol. The van der Waals surface area contributed by atoms with Gasteiger partial charge in [-0.2, -0.15) is 0 Å². The van der Waals surface area contributed by atoms with E-state index in [4.69, 9.17) is 0 Å². The number of aromatic nitrogens is 3. The van der Waals surface area contributed by atoms with Crippen molar-refractivity contribution in [1.82, 2.24) is 19.9 Å². The van der Waals surface area contributed by atoms with Crippen molar-refractivity contribution < 1.29 is 4.79 Å². The van der Waals surface area contributed by atoms with Crippen molar-refractivity contribution in [3.63, 3.8) is 0 Å². The lowest BCUT2D eigenvalue weighted by atomic mass is 10.2. The standard InChI is InChI=1S/C19H21N5O2S/c25-17(21-12-14-4-3-9-24(14)19-20-8-11-27-19)7-10-23-13-22-16-6-2-1-5-15(16)18(23)26/h1-2,5-6,8,11,13-14H,3-4,7,9-10,12H2,(H,21,25)/t14-/m1/s1. The lowest BCUT2D eigenvalue weighted by molar-refractivity contribution is -0.121. The Morgan fingerprint density at radius 1 is 1.30 bits per heavy atom. The van der Waals surface area contributed by atoms with Crippen molar-refractivity contribution in [1.29, 1.82) is 0 Å². The van der Waals surface area contributed by atoms with E-state index >= 15 is 0 Å². The second kappa shape index (κ2) is 7.87. The largest absolute Gasteiger partial charge is 0.354 e. The molecule has 7 nitrogen and oxygen atoms in total. The van der Waals surface area contributed by atoms with E-state index in [1.807, 2.05) is 29.8 Å². The second-order valence-electron chi connectivity index (χ2n) is 6.62. The molecule has 2 aromatic heterocycles. The van der Waals surface area contributed by atoms with Gasteiger partial charge in [0, 0.05) is 43.7 Å². The fourth-order valence-corrected chi connectivity index (χ4v) is 4.21. The normalized spacial score (nSPS) is 16.7. The average molecular weight is 383 g/mol. The molecule has 0 aliphatic carbocycles. The molecule has 0 saturated carbocycles. The number of amides is 1. The van der Waals surface area contributed by atoms with E-state index in [9.17, 15) is 9.59 Å². The molecule has 3 heterocycles. The zero-order chi connectivity index (χ0) is 18.6. The number of fused-ring (bicyclic) bond motifs is 1. The molecule has 0 radical (unpaired) electrons. The van der Waals surface area contributed by atoms with Crippen LogP contribution in [0, 0.1) is 0 Å². The smallest absolute Gasteiger partial charge is 0.261 e. The third-order valence-electron chi connectivity index (χ3n) is 4.89. The number of rotatable bonds is 6. The van der Waals surface area contributed by atoms with E-state index in [0.29, 0.717) is 24.0 Å². The van der Waals surface area contributed by atoms with Crippen LogP contribution in [-0.2, 0) is 11.3 Å². The van der Waals surface area contributed by atoms with Crippen molar-refractivity contribution in [2.24, 2.45) is 0 Å². The minimum Gasteiger partial charge on any atom is -0.354 e. The summed E-state index contributed by atoms with van der Waals surface area (Å²) >= 11 is 1.63. The number of thiazole rings is 1. The average Bonchev–Trinajstić information content (AvgIpc) is 3.37. The van der Waals surface area contributed by atoms with Crippen LogP contribution in [0.3, 0.4) is 0 Å². The number of carbonyl (C=O) groups is 1. The summed E-state index contributed by atoms with van der Waals surface area (Å²) in [4.78, 5) is 35.6. The molecule has 1 atom stereocenters. The van der Waals surface area contributed by atoms with Gasteiger partial charge in [-0.05, 0) is 25.0 Å². The Balaban J connectivity index is 1.32. The number of anilines is 1. The predicted octanol–water partition coefficient (Wildman–Crippen LogP) is 2.03. The molecule has 0 spiro atoms. The molecule has 1 N–H and O–H groups in total. The Morgan fingerprint density at radius 2 is 2.19 bits per heavy atom. The van der Waals surface area contributed by atoms with Crippen molar-refractivity contribution in [3.8, 4) is 0 Å². The van der Waals surface area contributed by atoms with Gasteiger partial charge in [0.15, 0.2) is 5.13 Å². The molecule has 1 aliphatic rings. The second-order valence-corrected chi connectivity index (χ2v) is 7.49. The summed E-state index contributed by atoms with van der Waals surface area (Å²) in [5, 5.41) is 6.56. The SMILES string of the molecule is O=C(CCn1cnc2ccccc2c1=O)NC[C@H]1CCCN1c1nccs1. The van der Waals surface area contributed by atoms with Gasteiger partial charge in [0.2, 0.25) is 5.91 Å². The number of nitrogens with one attached hydrogen (secondary N) is 1. The van der Waals surface area contributed by atoms with E-state index in [1.54, 1.807) is 17.4 Å². The van der Waals surface area contributed by atoms with E-state index in [1.165, 1.54) is 10.9 Å². The maximum absolute atomic E-state index is 12.5. The Bertz CT molecular complexity index is 985. The maximum atomic E-state index is 12.5. The molecule has 3 aromatic rings. The van der Waals surface area contributed by atoms with Gasteiger partial charge in [0.05, 0.1) is 17.2 Å². The highest BCUT2D eigenvalue weighted by atomic mass is 32.1.